The zero-order chi connectivity index (χ0) is 29.1. The van der Waals surface area contributed by atoms with Crippen molar-refractivity contribution in [3.63, 3.8) is 0 Å². The van der Waals surface area contributed by atoms with E-state index in [9.17, 15) is 39.6 Å². The second-order valence-corrected chi connectivity index (χ2v) is 9.68. The van der Waals surface area contributed by atoms with Crippen molar-refractivity contribution < 1.29 is 39.6 Å². The van der Waals surface area contributed by atoms with Gasteiger partial charge in [-0.3, -0.25) is 14.4 Å². The molecule has 39 heavy (non-hydrogen) atoms. The summed E-state index contributed by atoms with van der Waals surface area (Å²) in [6.07, 6.45) is 0.266. The lowest BCUT2D eigenvalue weighted by Gasteiger charge is -2.25. The number of carboxylic acids is 1. The number of nitrogens with two attached hydrogens (primary N) is 1. The summed E-state index contributed by atoms with van der Waals surface area (Å²) in [4.78, 5) is 50.2. The highest BCUT2D eigenvalue weighted by Crippen LogP contribution is 2.13. The lowest BCUT2D eigenvalue weighted by molar-refractivity contribution is -0.142. The molecule has 0 aromatic heterocycles. The molecule has 3 amide bonds. The van der Waals surface area contributed by atoms with Crippen molar-refractivity contribution >= 4 is 23.7 Å². The Kier molecular flexibility index (Phi) is 11.7. The monoisotopic (exact) mass is 544 g/mol. The minimum Gasteiger partial charge on any atom is -0.508 e. The van der Waals surface area contributed by atoms with Crippen molar-refractivity contribution in [3.8, 4) is 11.5 Å². The van der Waals surface area contributed by atoms with E-state index in [-0.39, 0.29) is 36.7 Å². The first kappa shape index (κ1) is 31.1. The number of phenols is 2. The molecule has 12 heteroatoms. The van der Waals surface area contributed by atoms with E-state index in [0.717, 1.165) is 0 Å². The highest BCUT2D eigenvalue weighted by molar-refractivity contribution is 5.94. The van der Waals surface area contributed by atoms with Crippen LogP contribution in [0.1, 0.15) is 31.4 Å². The maximum atomic E-state index is 13.0. The smallest absolute Gasteiger partial charge is 0.326 e. The van der Waals surface area contributed by atoms with Crippen LogP contribution in [0.4, 0.5) is 0 Å². The highest BCUT2D eigenvalue weighted by atomic mass is 16.4. The number of hydrogen-bond acceptors (Lipinski definition) is 8. The predicted molar refractivity (Wildman–Crippen MR) is 142 cm³/mol. The third kappa shape index (κ3) is 10.3. The van der Waals surface area contributed by atoms with Gasteiger partial charge in [-0.25, -0.2) is 4.79 Å². The molecule has 0 spiro atoms. The maximum Gasteiger partial charge on any atom is 0.326 e. The summed E-state index contributed by atoms with van der Waals surface area (Å²) in [5.74, 6) is -3.55. The Bertz CT molecular complexity index is 1120. The van der Waals surface area contributed by atoms with E-state index in [0.29, 0.717) is 11.1 Å². The lowest BCUT2D eigenvalue weighted by atomic mass is 10.0. The van der Waals surface area contributed by atoms with Crippen molar-refractivity contribution in [2.45, 2.75) is 57.3 Å². The molecule has 2 aromatic rings. The van der Waals surface area contributed by atoms with Crippen LogP contribution in [0.5, 0.6) is 11.5 Å². The number of benzene rings is 2. The topological polar surface area (TPSA) is 211 Å². The van der Waals surface area contributed by atoms with Crippen LogP contribution in [0, 0.1) is 5.92 Å². The molecule has 0 aliphatic carbocycles. The first-order chi connectivity index (χ1) is 18.4. The molecular formula is C27H36N4O8. The molecule has 0 aliphatic heterocycles. The predicted octanol–water partition coefficient (Wildman–Crippen LogP) is -0.212. The van der Waals surface area contributed by atoms with Gasteiger partial charge in [-0.2, -0.15) is 0 Å². The maximum absolute atomic E-state index is 13.0. The fourth-order valence-electron chi connectivity index (χ4n) is 3.77. The van der Waals surface area contributed by atoms with E-state index < -0.39 is 54.5 Å². The summed E-state index contributed by atoms with van der Waals surface area (Å²) < 4.78 is 0. The van der Waals surface area contributed by atoms with Gasteiger partial charge in [-0.15, -0.1) is 0 Å². The fraction of sp³-hybridized carbons (Fsp3) is 0.407. The zero-order valence-corrected chi connectivity index (χ0v) is 21.8. The summed E-state index contributed by atoms with van der Waals surface area (Å²) in [6, 6.07) is 7.05. The van der Waals surface area contributed by atoms with Crippen molar-refractivity contribution in [3.05, 3.63) is 59.7 Å². The Labute approximate surface area is 226 Å². The van der Waals surface area contributed by atoms with Crippen LogP contribution in [0.25, 0.3) is 0 Å². The molecule has 0 radical (unpaired) electrons. The molecule has 0 bridgehead atoms. The van der Waals surface area contributed by atoms with Crippen LogP contribution in [0.15, 0.2) is 48.5 Å². The Hall–Kier alpha value is -4.16. The van der Waals surface area contributed by atoms with Gasteiger partial charge in [0.25, 0.3) is 0 Å². The molecule has 0 fully saturated rings. The van der Waals surface area contributed by atoms with Gasteiger partial charge < -0.3 is 42.1 Å². The average Bonchev–Trinajstić information content (AvgIpc) is 2.88. The van der Waals surface area contributed by atoms with E-state index in [4.69, 9.17) is 5.73 Å². The molecule has 0 heterocycles. The quantitative estimate of drug-likeness (QED) is 0.158. The minimum absolute atomic E-state index is 0.00192. The average molecular weight is 545 g/mol. The summed E-state index contributed by atoms with van der Waals surface area (Å²) >= 11 is 0. The van der Waals surface area contributed by atoms with Crippen molar-refractivity contribution in [2.24, 2.45) is 11.7 Å². The largest absolute Gasteiger partial charge is 0.508 e. The molecule has 212 valence electrons. The van der Waals surface area contributed by atoms with Crippen molar-refractivity contribution in [1.82, 2.24) is 16.0 Å². The van der Waals surface area contributed by atoms with Crippen LogP contribution in [-0.2, 0) is 32.0 Å². The lowest BCUT2D eigenvalue weighted by Crippen LogP contribution is -2.58. The van der Waals surface area contributed by atoms with Crippen molar-refractivity contribution in [1.29, 1.82) is 0 Å². The number of amides is 3. The van der Waals surface area contributed by atoms with E-state index in [2.05, 4.69) is 16.0 Å². The summed E-state index contributed by atoms with van der Waals surface area (Å²) in [6.45, 7) is 2.85. The number of aromatic hydroxyl groups is 2. The van der Waals surface area contributed by atoms with E-state index in [1.807, 2.05) is 13.8 Å². The van der Waals surface area contributed by atoms with Crippen LogP contribution in [0.3, 0.4) is 0 Å². The number of phenolic OH excluding ortho intramolecular Hbond substituents is 2. The highest BCUT2D eigenvalue weighted by Gasteiger charge is 2.30. The Morgan fingerprint density at radius 2 is 1.15 bits per heavy atom. The van der Waals surface area contributed by atoms with Gasteiger partial charge in [-0.1, -0.05) is 38.1 Å². The number of hydrogen-bond donors (Lipinski definition) is 8. The van der Waals surface area contributed by atoms with Gasteiger partial charge in [0.15, 0.2) is 0 Å². The summed E-state index contributed by atoms with van der Waals surface area (Å²) in [5, 5.41) is 45.4. The fourth-order valence-corrected chi connectivity index (χ4v) is 3.77. The molecule has 4 unspecified atom stereocenters. The summed E-state index contributed by atoms with van der Waals surface area (Å²) in [5.41, 5.74) is 7.26. The SMILES string of the molecule is CC(C)CC(NC(=O)C(N)Cc1ccc(O)cc1)C(=O)NC(CO)C(=O)NC(Cc1ccc(O)cc1)C(=O)O. The van der Waals surface area contributed by atoms with Crippen LogP contribution in [0.2, 0.25) is 0 Å². The standard InChI is InChI=1S/C27H36N4O8/c1-15(2)11-21(29-24(35)20(28)12-16-3-7-18(33)8-4-16)25(36)31-23(14-32)26(37)30-22(27(38)39)13-17-5-9-19(34)10-6-17/h3-10,15,20-23,32-34H,11-14,28H2,1-2H3,(H,29,35)(H,30,37)(H,31,36)(H,38,39). The number of nitrogens with one attached hydrogen (secondary N) is 3. The third-order valence-corrected chi connectivity index (χ3v) is 5.88. The summed E-state index contributed by atoms with van der Waals surface area (Å²) in [7, 11) is 0. The van der Waals surface area contributed by atoms with Gasteiger partial charge in [-0.05, 0) is 54.2 Å². The number of aliphatic carboxylic acids is 1. The Morgan fingerprint density at radius 3 is 1.62 bits per heavy atom. The number of carbonyl (C=O) groups excluding carboxylic acids is 3. The molecule has 0 aliphatic rings. The van der Waals surface area contributed by atoms with Crippen LogP contribution in [-0.4, -0.2) is 74.9 Å². The molecule has 12 nitrogen and oxygen atoms in total. The Balaban J connectivity index is 2.04. The van der Waals surface area contributed by atoms with Gasteiger partial charge in [0.2, 0.25) is 17.7 Å². The van der Waals surface area contributed by atoms with Crippen molar-refractivity contribution in [2.75, 3.05) is 6.61 Å². The number of carboxylic acid groups (broad SMARTS) is 1. The molecule has 0 saturated carbocycles. The van der Waals surface area contributed by atoms with Gasteiger partial charge in [0, 0.05) is 6.42 Å². The Morgan fingerprint density at radius 1 is 0.718 bits per heavy atom. The van der Waals surface area contributed by atoms with E-state index >= 15 is 0 Å². The molecule has 0 saturated heterocycles. The van der Waals surface area contributed by atoms with Gasteiger partial charge in [0.1, 0.15) is 29.6 Å². The first-order valence-corrected chi connectivity index (χ1v) is 12.5. The number of rotatable bonds is 14. The normalized spacial score (nSPS) is 14.1. The van der Waals surface area contributed by atoms with Gasteiger partial charge in [0.05, 0.1) is 12.6 Å². The van der Waals surface area contributed by atoms with E-state index in [1.165, 1.54) is 36.4 Å². The number of aliphatic hydroxyl groups is 1. The second kappa shape index (κ2) is 14.7. The number of aliphatic hydroxyl groups excluding tert-OH is 1. The zero-order valence-electron chi connectivity index (χ0n) is 21.8. The first-order valence-electron chi connectivity index (χ1n) is 12.5. The molecule has 4 atom stereocenters. The second-order valence-electron chi connectivity index (χ2n) is 9.68. The van der Waals surface area contributed by atoms with Crippen LogP contribution < -0.4 is 21.7 Å². The minimum atomic E-state index is -1.48. The molecule has 2 aromatic carbocycles. The third-order valence-electron chi connectivity index (χ3n) is 5.88. The van der Waals surface area contributed by atoms with Gasteiger partial charge >= 0.3 is 5.97 Å². The molecular weight excluding hydrogens is 508 g/mol. The van der Waals surface area contributed by atoms with E-state index in [1.54, 1.807) is 12.1 Å². The molecule has 2 rings (SSSR count). The molecule has 9 N–H and O–H groups in total. The number of carbonyl (C=O) groups is 4. The van der Waals surface area contributed by atoms with Crippen LogP contribution >= 0.6 is 0 Å².